The van der Waals surface area contributed by atoms with Gasteiger partial charge < -0.3 is 9.55 Å². The first kappa shape index (κ1) is 12.6. The van der Waals surface area contributed by atoms with Crippen molar-refractivity contribution < 1.29 is 0 Å². The molecule has 3 rings (SSSR count). The van der Waals surface area contributed by atoms with Crippen LogP contribution in [-0.4, -0.2) is 14.5 Å². The number of fused-ring (bicyclic) bond motifs is 1. The standard InChI is InChI=1S/C15H12N4S/c16-9-12-3-4-13-14(8-12)19(15(20)18-13)7-5-11-2-1-6-17-10-11/h1-4,6,8,10H,5,7H2,(H,18,20). The van der Waals surface area contributed by atoms with Crippen LogP contribution in [0.4, 0.5) is 0 Å². The number of nitrogens with zero attached hydrogens (tertiary/aromatic N) is 3. The maximum Gasteiger partial charge on any atom is 0.178 e. The van der Waals surface area contributed by atoms with E-state index in [2.05, 4.69) is 16.0 Å². The number of pyridine rings is 1. The maximum absolute atomic E-state index is 9.00. The first-order chi connectivity index (χ1) is 9.78. The van der Waals surface area contributed by atoms with Gasteiger partial charge in [-0.15, -0.1) is 0 Å². The molecule has 2 heterocycles. The van der Waals surface area contributed by atoms with E-state index in [4.69, 9.17) is 17.5 Å². The highest BCUT2D eigenvalue weighted by atomic mass is 32.1. The number of hydrogen-bond donors (Lipinski definition) is 1. The number of benzene rings is 1. The van der Waals surface area contributed by atoms with Crippen LogP contribution in [0, 0.1) is 16.1 Å². The van der Waals surface area contributed by atoms with Crippen molar-refractivity contribution in [1.82, 2.24) is 14.5 Å². The van der Waals surface area contributed by atoms with Crippen LogP contribution in [0.1, 0.15) is 11.1 Å². The zero-order valence-corrected chi connectivity index (χ0v) is 11.5. The zero-order valence-electron chi connectivity index (χ0n) is 10.7. The van der Waals surface area contributed by atoms with Crippen LogP contribution in [0.5, 0.6) is 0 Å². The van der Waals surface area contributed by atoms with Crippen LogP contribution >= 0.6 is 12.2 Å². The maximum atomic E-state index is 9.00. The molecule has 0 amide bonds. The third kappa shape index (κ3) is 2.33. The number of nitriles is 1. The number of rotatable bonds is 3. The third-order valence-corrected chi connectivity index (χ3v) is 3.57. The number of imidazole rings is 1. The van der Waals surface area contributed by atoms with E-state index in [0.29, 0.717) is 10.3 Å². The first-order valence-corrected chi connectivity index (χ1v) is 6.70. The van der Waals surface area contributed by atoms with Crippen LogP contribution in [0.25, 0.3) is 11.0 Å². The summed E-state index contributed by atoms with van der Waals surface area (Å²) in [6, 6.07) is 11.7. The Morgan fingerprint density at radius 2 is 2.25 bits per heavy atom. The van der Waals surface area contributed by atoms with E-state index in [-0.39, 0.29) is 0 Å². The summed E-state index contributed by atoms with van der Waals surface area (Å²) in [5.74, 6) is 0. The Bertz CT molecular complexity index is 840. The zero-order chi connectivity index (χ0) is 13.9. The number of H-pyrrole nitrogens is 1. The lowest BCUT2D eigenvalue weighted by Crippen LogP contribution is -2.01. The second-order valence-electron chi connectivity index (χ2n) is 4.54. The molecule has 0 aliphatic heterocycles. The summed E-state index contributed by atoms with van der Waals surface area (Å²) in [4.78, 5) is 7.28. The summed E-state index contributed by atoms with van der Waals surface area (Å²) in [5.41, 5.74) is 3.74. The Balaban J connectivity index is 1.97. The molecule has 0 aliphatic carbocycles. The fraction of sp³-hybridized carbons (Fsp3) is 0.133. The van der Waals surface area contributed by atoms with Crippen molar-refractivity contribution >= 4 is 23.3 Å². The summed E-state index contributed by atoms with van der Waals surface area (Å²) in [6.07, 6.45) is 4.48. The molecule has 0 bridgehead atoms. The average molecular weight is 280 g/mol. The van der Waals surface area contributed by atoms with Crippen molar-refractivity contribution in [2.24, 2.45) is 0 Å². The molecule has 0 fully saturated rings. The predicted molar refractivity (Wildman–Crippen MR) is 79.8 cm³/mol. The molecule has 4 nitrogen and oxygen atoms in total. The number of nitrogens with one attached hydrogen (secondary N) is 1. The Morgan fingerprint density at radius 3 is 3.00 bits per heavy atom. The highest BCUT2D eigenvalue weighted by Crippen LogP contribution is 2.16. The molecule has 5 heteroatoms. The van der Waals surface area contributed by atoms with Gasteiger partial charge >= 0.3 is 0 Å². The fourth-order valence-electron chi connectivity index (χ4n) is 2.23. The van der Waals surface area contributed by atoms with Gasteiger partial charge in [0.2, 0.25) is 0 Å². The Hall–Kier alpha value is -2.45. The molecule has 2 aromatic heterocycles. The van der Waals surface area contributed by atoms with Gasteiger partial charge in [-0.05, 0) is 48.5 Å². The summed E-state index contributed by atoms with van der Waals surface area (Å²) in [6.45, 7) is 0.763. The molecule has 20 heavy (non-hydrogen) atoms. The number of aromatic amines is 1. The van der Waals surface area contributed by atoms with Gasteiger partial charge in [0.15, 0.2) is 4.77 Å². The van der Waals surface area contributed by atoms with Crippen molar-refractivity contribution in [3.05, 3.63) is 58.6 Å². The lowest BCUT2D eigenvalue weighted by Gasteiger charge is -2.04. The van der Waals surface area contributed by atoms with Gasteiger partial charge in [0.25, 0.3) is 0 Å². The van der Waals surface area contributed by atoms with E-state index in [1.807, 2.05) is 35.0 Å². The minimum absolute atomic E-state index is 0.640. The summed E-state index contributed by atoms with van der Waals surface area (Å²) in [7, 11) is 0. The van der Waals surface area contributed by atoms with Gasteiger partial charge in [-0.2, -0.15) is 5.26 Å². The normalized spacial score (nSPS) is 10.6. The van der Waals surface area contributed by atoms with Crippen molar-refractivity contribution in [2.75, 3.05) is 0 Å². The lowest BCUT2D eigenvalue weighted by molar-refractivity contribution is 0.705. The molecule has 0 saturated heterocycles. The molecular weight excluding hydrogens is 268 g/mol. The van der Waals surface area contributed by atoms with Crippen molar-refractivity contribution in [3.63, 3.8) is 0 Å². The summed E-state index contributed by atoms with van der Waals surface area (Å²) in [5, 5.41) is 9.00. The average Bonchev–Trinajstić information content (AvgIpc) is 2.80. The highest BCUT2D eigenvalue weighted by molar-refractivity contribution is 7.71. The molecule has 1 N–H and O–H groups in total. The SMILES string of the molecule is N#Cc1ccc2[nH]c(=S)n(CCc3cccnc3)c2c1. The van der Waals surface area contributed by atoms with E-state index < -0.39 is 0 Å². The fourth-order valence-corrected chi connectivity index (χ4v) is 2.53. The molecule has 0 atom stereocenters. The monoisotopic (exact) mass is 280 g/mol. The van der Waals surface area contributed by atoms with Crippen LogP contribution in [0.3, 0.4) is 0 Å². The topological polar surface area (TPSA) is 57.4 Å². The molecule has 98 valence electrons. The lowest BCUT2D eigenvalue weighted by atomic mass is 10.2. The van der Waals surface area contributed by atoms with Gasteiger partial charge in [-0.1, -0.05) is 6.07 Å². The third-order valence-electron chi connectivity index (χ3n) is 3.25. The largest absolute Gasteiger partial charge is 0.331 e. The minimum atomic E-state index is 0.640. The number of aromatic nitrogens is 3. The summed E-state index contributed by atoms with van der Waals surface area (Å²) >= 11 is 5.36. The van der Waals surface area contributed by atoms with Crippen LogP contribution in [0.2, 0.25) is 0 Å². The Kier molecular flexibility index (Phi) is 3.32. The minimum Gasteiger partial charge on any atom is -0.331 e. The highest BCUT2D eigenvalue weighted by Gasteiger charge is 2.05. The van der Waals surface area contributed by atoms with Gasteiger partial charge in [0, 0.05) is 18.9 Å². The van der Waals surface area contributed by atoms with Gasteiger partial charge in [0.1, 0.15) is 0 Å². The van der Waals surface area contributed by atoms with Crippen molar-refractivity contribution in [2.45, 2.75) is 13.0 Å². The molecular formula is C15H12N4S. The van der Waals surface area contributed by atoms with E-state index >= 15 is 0 Å². The Labute approximate surface area is 121 Å². The van der Waals surface area contributed by atoms with Gasteiger partial charge in [-0.3, -0.25) is 4.98 Å². The van der Waals surface area contributed by atoms with Crippen LogP contribution in [0.15, 0.2) is 42.7 Å². The second-order valence-corrected chi connectivity index (χ2v) is 4.92. The quantitative estimate of drug-likeness (QED) is 0.749. The summed E-state index contributed by atoms with van der Waals surface area (Å²) < 4.78 is 2.71. The van der Waals surface area contributed by atoms with Gasteiger partial charge in [-0.25, -0.2) is 0 Å². The van der Waals surface area contributed by atoms with Crippen molar-refractivity contribution in [3.8, 4) is 6.07 Å². The predicted octanol–water partition coefficient (Wildman–Crippen LogP) is 3.21. The molecule has 0 radical (unpaired) electrons. The van der Waals surface area contributed by atoms with E-state index in [0.717, 1.165) is 24.0 Å². The Morgan fingerprint density at radius 1 is 1.35 bits per heavy atom. The molecule has 0 saturated carbocycles. The van der Waals surface area contributed by atoms with Crippen LogP contribution < -0.4 is 0 Å². The first-order valence-electron chi connectivity index (χ1n) is 6.29. The molecule has 0 aliphatic rings. The van der Waals surface area contributed by atoms with Crippen molar-refractivity contribution in [1.29, 1.82) is 5.26 Å². The molecule has 3 aromatic rings. The van der Waals surface area contributed by atoms with E-state index in [1.165, 1.54) is 5.56 Å². The van der Waals surface area contributed by atoms with Gasteiger partial charge in [0.05, 0.1) is 22.7 Å². The van der Waals surface area contributed by atoms with E-state index in [1.54, 1.807) is 12.3 Å². The molecule has 0 unspecified atom stereocenters. The number of aryl methyl sites for hydroxylation is 2. The molecule has 1 aromatic carbocycles. The number of hydrogen-bond acceptors (Lipinski definition) is 3. The smallest absolute Gasteiger partial charge is 0.178 e. The van der Waals surface area contributed by atoms with E-state index in [9.17, 15) is 0 Å². The molecule has 0 spiro atoms. The van der Waals surface area contributed by atoms with Crippen LogP contribution in [-0.2, 0) is 13.0 Å². The second kappa shape index (κ2) is 5.27.